The van der Waals surface area contributed by atoms with Crippen molar-refractivity contribution in [3.05, 3.63) is 61.7 Å². The Morgan fingerprint density at radius 2 is 1.79 bits per heavy atom. The zero-order valence-electron chi connectivity index (χ0n) is 9.90. The van der Waals surface area contributed by atoms with E-state index in [0.717, 1.165) is 14.0 Å². The fraction of sp³-hybridized carbons (Fsp3) is 0.0667. The molecule has 0 radical (unpaired) electrons. The summed E-state index contributed by atoms with van der Waals surface area (Å²) in [6, 6.07) is 16.5. The van der Waals surface area contributed by atoms with Gasteiger partial charge in [0.25, 0.3) is 0 Å². The van der Waals surface area contributed by atoms with Gasteiger partial charge in [0.2, 0.25) is 0 Å². The Kier molecular flexibility index (Phi) is 3.91. The molecular formula is C15H10Br2OS. The summed E-state index contributed by atoms with van der Waals surface area (Å²) in [6.45, 7) is 0.590. The van der Waals surface area contributed by atoms with Crippen molar-refractivity contribution in [1.29, 1.82) is 0 Å². The summed E-state index contributed by atoms with van der Waals surface area (Å²) in [5.41, 5.74) is 0. The maximum atomic E-state index is 5.89. The second kappa shape index (κ2) is 5.65. The summed E-state index contributed by atoms with van der Waals surface area (Å²) in [4.78, 5) is 1.20. The first-order valence-electron chi connectivity index (χ1n) is 5.78. The van der Waals surface area contributed by atoms with Crippen LogP contribution in [0.5, 0.6) is 5.75 Å². The molecule has 0 fully saturated rings. The summed E-state index contributed by atoms with van der Waals surface area (Å²) < 4.78 is 8.03. The van der Waals surface area contributed by atoms with E-state index in [2.05, 4.69) is 56.1 Å². The molecule has 0 saturated heterocycles. The Balaban J connectivity index is 1.87. The van der Waals surface area contributed by atoms with Crippen LogP contribution in [0.25, 0.3) is 10.8 Å². The average molecular weight is 398 g/mol. The third-order valence-corrected chi connectivity index (χ3v) is 5.24. The van der Waals surface area contributed by atoms with Crippen LogP contribution >= 0.6 is 43.2 Å². The van der Waals surface area contributed by atoms with Crippen molar-refractivity contribution in [3.63, 3.8) is 0 Å². The SMILES string of the molecule is Brc1ccc(COc2ccc3ccccc3c2Br)s1. The molecule has 0 bridgehead atoms. The lowest BCUT2D eigenvalue weighted by molar-refractivity contribution is 0.308. The summed E-state index contributed by atoms with van der Waals surface area (Å²) in [6.07, 6.45) is 0. The standard InChI is InChI=1S/C15H10Br2OS/c16-14-8-6-11(19-14)9-18-13-7-5-10-3-1-2-4-12(10)15(13)17/h1-8H,9H2. The number of halogens is 2. The molecule has 1 aromatic heterocycles. The van der Waals surface area contributed by atoms with Gasteiger partial charge in [-0.05, 0) is 60.8 Å². The Morgan fingerprint density at radius 1 is 0.947 bits per heavy atom. The molecule has 0 N–H and O–H groups in total. The van der Waals surface area contributed by atoms with Crippen molar-refractivity contribution in [2.45, 2.75) is 6.61 Å². The molecular weight excluding hydrogens is 388 g/mol. The maximum Gasteiger partial charge on any atom is 0.134 e. The van der Waals surface area contributed by atoms with Crippen molar-refractivity contribution < 1.29 is 4.74 Å². The van der Waals surface area contributed by atoms with Crippen molar-refractivity contribution in [3.8, 4) is 5.75 Å². The predicted octanol–water partition coefficient (Wildman–Crippen LogP) is 6.01. The first kappa shape index (κ1) is 13.2. The molecule has 0 amide bonds. The van der Waals surface area contributed by atoms with E-state index >= 15 is 0 Å². The van der Waals surface area contributed by atoms with E-state index in [1.807, 2.05) is 24.3 Å². The summed E-state index contributed by atoms with van der Waals surface area (Å²) in [5.74, 6) is 0.878. The number of thiophene rings is 1. The monoisotopic (exact) mass is 396 g/mol. The van der Waals surface area contributed by atoms with E-state index in [1.54, 1.807) is 11.3 Å². The smallest absolute Gasteiger partial charge is 0.134 e. The van der Waals surface area contributed by atoms with E-state index in [-0.39, 0.29) is 0 Å². The fourth-order valence-electron chi connectivity index (χ4n) is 1.90. The minimum Gasteiger partial charge on any atom is -0.487 e. The van der Waals surface area contributed by atoms with Crippen LogP contribution < -0.4 is 4.74 Å². The number of hydrogen-bond acceptors (Lipinski definition) is 2. The molecule has 3 aromatic rings. The average Bonchev–Trinajstić information content (AvgIpc) is 2.84. The molecule has 19 heavy (non-hydrogen) atoms. The lowest BCUT2D eigenvalue weighted by Crippen LogP contribution is -1.93. The highest BCUT2D eigenvalue weighted by Crippen LogP contribution is 2.34. The van der Waals surface area contributed by atoms with Gasteiger partial charge < -0.3 is 4.74 Å². The molecule has 0 aliphatic rings. The summed E-state index contributed by atoms with van der Waals surface area (Å²) >= 11 is 8.78. The molecule has 3 rings (SSSR count). The van der Waals surface area contributed by atoms with Crippen LogP contribution in [0.1, 0.15) is 4.88 Å². The van der Waals surface area contributed by atoms with E-state index in [9.17, 15) is 0 Å². The zero-order chi connectivity index (χ0) is 13.2. The molecule has 1 heterocycles. The number of hydrogen-bond donors (Lipinski definition) is 0. The Labute approximate surface area is 132 Å². The van der Waals surface area contributed by atoms with E-state index in [0.29, 0.717) is 6.61 Å². The minimum absolute atomic E-state index is 0.590. The lowest BCUT2D eigenvalue weighted by Gasteiger charge is -2.09. The maximum absolute atomic E-state index is 5.89. The van der Waals surface area contributed by atoms with E-state index < -0.39 is 0 Å². The molecule has 0 aliphatic carbocycles. The van der Waals surface area contributed by atoms with Crippen LogP contribution in [0.2, 0.25) is 0 Å². The van der Waals surface area contributed by atoms with Gasteiger partial charge in [0.15, 0.2) is 0 Å². The third kappa shape index (κ3) is 2.86. The number of benzene rings is 2. The molecule has 0 atom stereocenters. The molecule has 1 nitrogen and oxygen atoms in total. The van der Waals surface area contributed by atoms with Gasteiger partial charge in [-0.2, -0.15) is 0 Å². The zero-order valence-corrected chi connectivity index (χ0v) is 13.9. The van der Waals surface area contributed by atoms with Crippen LogP contribution in [0.15, 0.2) is 56.8 Å². The summed E-state index contributed by atoms with van der Waals surface area (Å²) in [7, 11) is 0. The van der Waals surface area contributed by atoms with E-state index in [1.165, 1.54) is 15.6 Å². The van der Waals surface area contributed by atoms with Gasteiger partial charge in [-0.1, -0.05) is 30.3 Å². The van der Waals surface area contributed by atoms with Crippen molar-refractivity contribution in [2.75, 3.05) is 0 Å². The van der Waals surface area contributed by atoms with Gasteiger partial charge in [0, 0.05) is 4.88 Å². The van der Waals surface area contributed by atoms with Gasteiger partial charge in [-0.15, -0.1) is 11.3 Å². The number of rotatable bonds is 3. The molecule has 96 valence electrons. The minimum atomic E-state index is 0.590. The highest BCUT2D eigenvalue weighted by atomic mass is 79.9. The van der Waals surface area contributed by atoms with Gasteiger partial charge in [-0.3, -0.25) is 0 Å². The highest BCUT2D eigenvalue weighted by Gasteiger charge is 2.06. The second-order valence-electron chi connectivity index (χ2n) is 4.09. The van der Waals surface area contributed by atoms with E-state index in [4.69, 9.17) is 4.74 Å². The summed E-state index contributed by atoms with van der Waals surface area (Å²) in [5, 5.41) is 2.38. The first-order valence-corrected chi connectivity index (χ1v) is 8.18. The number of ether oxygens (including phenoxy) is 1. The van der Waals surface area contributed by atoms with Crippen molar-refractivity contribution >= 4 is 54.0 Å². The molecule has 0 saturated carbocycles. The van der Waals surface area contributed by atoms with Gasteiger partial charge in [0.1, 0.15) is 12.4 Å². The molecule has 2 aromatic carbocycles. The lowest BCUT2D eigenvalue weighted by atomic mass is 10.1. The molecule has 0 spiro atoms. The number of fused-ring (bicyclic) bond motifs is 1. The van der Waals surface area contributed by atoms with Crippen LogP contribution in [-0.2, 0) is 6.61 Å². The molecule has 4 heteroatoms. The Bertz CT molecular complexity index is 721. The molecule has 0 aliphatic heterocycles. The third-order valence-electron chi connectivity index (χ3n) is 2.83. The highest BCUT2D eigenvalue weighted by molar-refractivity contribution is 9.11. The van der Waals surface area contributed by atoms with Crippen molar-refractivity contribution in [2.24, 2.45) is 0 Å². The normalized spacial score (nSPS) is 10.8. The van der Waals surface area contributed by atoms with Crippen LogP contribution in [0.3, 0.4) is 0 Å². The Hall–Kier alpha value is -0.840. The predicted molar refractivity (Wildman–Crippen MR) is 88.0 cm³/mol. The fourth-order valence-corrected chi connectivity index (χ4v) is 3.91. The van der Waals surface area contributed by atoms with Gasteiger partial charge in [0.05, 0.1) is 8.26 Å². The van der Waals surface area contributed by atoms with Gasteiger partial charge in [-0.25, -0.2) is 0 Å². The van der Waals surface area contributed by atoms with Gasteiger partial charge >= 0.3 is 0 Å². The quantitative estimate of drug-likeness (QED) is 0.526. The van der Waals surface area contributed by atoms with Crippen LogP contribution in [0, 0.1) is 0 Å². The van der Waals surface area contributed by atoms with Crippen LogP contribution in [-0.4, -0.2) is 0 Å². The topological polar surface area (TPSA) is 9.23 Å². The second-order valence-corrected chi connectivity index (χ2v) is 7.43. The Morgan fingerprint density at radius 3 is 2.58 bits per heavy atom. The van der Waals surface area contributed by atoms with Crippen LogP contribution in [0.4, 0.5) is 0 Å². The largest absolute Gasteiger partial charge is 0.487 e. The molecule has 0 unspecified atom stereocenters. The van der Waals surface area contributed by atoms with Crippen molar-refractivity contribution in [1.82, 2.24) is 0 Å². The first-order chi connectivity index (χ1) is 9.24.